The number of hydrogen-bond donors (Lipinski definition) is 2. The molecule has 1 aliphatic carbocycles. The van der Waals surface area contributed by atoms with Gasteiger partial charge in [0.15, 0.2) is 0 Å². The average Bonchev–Trinajstić information content (AvgIpc) is 2.42. The lowest BCUT2D eigenvalue weighted by Gasteiger charge is -2.40. The van der Waals surface area contributed by atoms with Crippen molar-refractivity contribution in [3.8, 4) is 5.75 Å². The van der Waals surface area contributed by atoms with Gasteiger partial charge in [-0.05, 0) is 44.9 Å². The fraction of sp³-hybridized carbons (Fsp3) is 0.625. The van der Waals surface area contributed by atoms with Gasteiger partial charge in [0, 0.05) is 12.0 Å². The van der Waals surface area contributed by atoms with Crippen LogP contribution in [0, 0.1) is 6.92 Å². The SMILES string of the molecule is CCNC1(CO)CCCC(Oc2ccc(C)cc2)C1. The molecule has 0 saturated heterocycles. The van der Waals surface area contributed by atoms with Gasteiger partial charge in [-0.15, -0.1) is 0 Å². The summed E-state index contributed by atoms with van der Waals surface area (Å²) >= 11 is 0. The van der Waals surface area contributed by atoms with Gasteiger partial charge in [-0.2, -0.15) is 0 Å². The van der Waals surface area contributed by atoms with E-state index in [1.807, 2.05) is 12.1 Å². The zero-order valence-electron chi connectivity index (χ0n) is 12.0. The van der Waals surface area contributed by atoms with Crippen LogP contribution in [0.5, 0.6) is 5.75 Å². The van der Waals surface area contributed by atoms with E-state index in [4.69, 9.17) is 4.74 Å². The number of rotatable bonds is 5. The second-order valence-corrected chi connectivity index (χ2v) is 5.62. The Kier molecular flexibility index (Phi) is 4.83. The van der Waals surface area contributed by atoms with Crippen LogP contribution in [0.4, 0.5) is 0 Å². The van der Waals surface area contributed by atoms with Crippen LogP contribution >= 0.6 is 0 Å². The molecule has 3 heteroatoms. The van der Waals surface area contributed by atoms with Crippen molar-refractivity contribution in [3.05, 3.63) is 29.8 Å². The number of ether oxygens (including phenoxy) is 1. The molecule has 2 rings (SSSR count). The Bertz CT molecular complexity index is 386. The Labute approximate surface area is 116 Å². The molecule has 0 radical (unpaired) electrons. The van der Waals surface area contributed by atoms with Crippen molar-refractivity contribution in [3.63, 3.8) is 0 Å². The van der Waals surface area contributed by atoms with Gasteiger partial charge >= 0.3 is 0 Å². The lowest BCUT2D eigenvalue weighted by molar-refractivity contribution is 0.0520. The average molecular weight is 263 g/mol. The molecule has 2 unspecified atom stereocenters. The van der Waals surface area contributed by atoms with Crippen LogP contribution in [0.15, 0.2) is 24.3 Å². The lowest BCUT2D eigenvalue weighted by atomic mass is 9.80. The summed E-state index contributed by atoms with van der Waals surface area (Å²) in [5.41, 5.74) is 1.09. The number of benzene rings is 1. The molecule has 0 heterocycles. The number of aliphatic hydroxyl groups excluding tert-OH is 1. The van der Waals surface area contributed by atoms with Crippen molar-refractivity contribution in [2.45, 2.75) is 51.2 Å². The van der Waals surface area contributed by atoms with Crippen LogP contribution in [0.25, 0.3) is 0 Å². The van der Waals surface area contributed by atoms with Crippen molar-refractivity contribution in [2.24, 2.45) is 0 Å². The summed E-state index contributed by atoms with van der Waals surface area (Å²) in [6, 6.07) is 8.19. The topological polar surface area (TPSA) is 41.5 Å². The van der Waals surface area contributed by atoms with Gasteiger partial charge in [0.1, 0.15) is 11.9 Å². The van der Waals surface area contributed by atoms with Crippen molar-refractivity contribution in [2.75, 3.05) is 13.2 Å². The van der Waals surface area contributed by atoms with Crippen molar-refractivity contribution in [1.29, 1.82) is 0 Å². The summed E-state index contributed by atoms with van der Waals surface area (Å²) < 4.78 is 6.06. The van der Waals surface area contributed by atoms with Crippen molar-refractivity contribution >= 4 is 0 Å². The van der Waals surface area contributed by atoms with Gasteiger partial charge in [0.05, 0.1) is 6.61 Å². The molecule has 0 aromatic heterocycles. The van der Waals surface area contributed by atoms with Crippen molar-refractivity contribution < 1.29 is 9.84 Å². The van der Waals surface area contributed by atoms with Gasteiger partial charge in [-0.3, -0.25) is 0 Å². The van der Waals surface area contributed by atoms with Crippen LogP contribution < -0.4 is 10.1 Å². The third kappa shape index (κ3) is 3.71. The maximum Gasteiger partial charge on any atom is 0.119 e. The number of nitrogens with one attached hydrogen (secondary N) is 1. The largest absolute Gasteiger partial charge is 0.490 e. The fourth-order valence-electron chi connectivity index (χ4n) is 2.95. The maximum atomic E-state index is 9.67. The second-order valence-electron chi connectivity index (χ2n) is 5.62. The van der Waals surface area contributed by atoms with E-state index in [-0.39, 0.29) is 18.2 Å². The summed E-state index contributed by atoms with van der Waals surface area (Å²) in [5.74, 6) is 0.931. The molecule has 3 nitrogen and oxygen atoms in total. The highest BCUT2D eigenvalue weighted by molar-refractivity contribution is 5.26. The Morgan fingerprint density at radius 3 is 2.74 bits per heavy atom. The number of aliphatic hydroxyl groups is 1. The van der Waals surface area contributed by atoms with E-state index in [2.05, 4.69) is 31.3 Å². The Morgan fingerprint density at radius 1 is 1.37 bits per heavy atom. The summed E-state index contributed by atoms with van der Waals surface area (Å²) in [7, 11) is 0. The summed E-state index contributed by atoms with van der Waals surface area (Å²) in [4.78, 5) is 0. The molecule has 19 heavy (non-hydrogen) atoms. The van der Waals surface area contributed by atoms with Gasteiger partial charge < -0.3 is 15.2 Å². The van der Waals surface area contributed by atoms with Gasteiger partial charge in [0.25, 0.3) is 0 Å². The van der Waals surface area contributed by atoms with E-state index in [0.717, 1.165) is 38.0 Å². The molecule has 2 atom stereocenters. The minimum absolute atomic E-state index is 0.150. The molecule has 1 aliphatic rings. The third-order valence-corrected chi connectivity index (χ3v) is 3.98. The zero-order chi connectivity index (χ0) is 13.7. The third-order valence-electron chi connectivity index (χ3n) is 3.98. The standard InChI is InChI=1S/C16H25NO2/c1-3-17-16(12-18)10-4-5-15(11-16)19-14-8-6-13(2)7-9-14/h6-9,15,17-18H,3-5,10-12H2,1-2H3. The zero-order valence-corrected chi connectivity index (χ0v) is 12.0. The maximum absolute atomic E-state index is 9.67. The normalized spacial score (nSPS) is 27.2. The minimum atomic E-state index is -0.150. The number of likely N-dealkylation sites (N-methyl/N-ethyl adjacent to an activating group) is 1. The highest BCUT2D eigenvalue weighted by Gasteiger charge is 2.36. The number of aryl methyl sites for hydroxylation is 1. The monoisotopic (exact) mass is 263 g/mol. The molecule has 0 aliphatic heterocycles. The Balaban J connectivity index is 1.99. The predicted octanol–water partition coefficient (Wildman–Crippen LogP) is 2.66. The molecular formula is C16H25NO2. The number of hydrogen-bond acceptors (Lipinski definition) is 3. The summed E-state index contributed by atoms with van der Waals surface area (Å²) in [6.45, 7) is 5.24. The van der Waals surface area contributed by atoms with E-state index in [1.54, 1.807) is 0 Å². The molecule has 1 aromatic rings. The van der Waals surface area contributed by atoms with E-state index in [1.165, 1.54) is 5.56 Å². The first-order valence-electron chi connectivity index (χ1n) is 7.27. The molecule has 1 aromatic carbocycles. The minimum Gasteiger partial charge on any atom is -0.490 e. The highest BCUT2D eigenvalue weighted by atomic mass is 16.5. The highest BCUT2D eigenvalue weighted by Crippen LogP contribution is 2.31. The first kappa shape index (κ1) is 14.4. The lowest BCUT2D eigenvalue weighted by Crippen LogP contribution is -2.53. The quantitative estimate of drug-likeness (QED) is 0.858. The summed E-state index contributed by atoms with van der Waals surface area (Å²) in [5, 5.41) is 13.1. The molecule has 2 N–H and O–H groups in total. The fourth-order valence-corrected chi connectivity index (χ4v) is 2.95. The molecular weight excluding hydrogens is 238 g/mol. The smallest absolute Gasteiger partial charge is 0.119 e. The predicted molar refractivity (Wildman–Crippen MR) is 77.6 cm³/mol. The molecule has 0 amide bonds. The van der Waals surface area contributed by atoms with Gasteiger partial charge in [0.2, 0.25) is 0 Å². The summed E-state index contributed by atoms with van der Waals surface area (Å²) in [6.07, 6.45) is 4.28. The van der Waals surface area contributed by atoms with Crippen LogP contribution in [0.3, 0.4) is 0 Å². The Morgan fingerprint density at radius 2 is 2.11 bits per heavy atom. The first-order chi connectivity index (χ1) is 9.17. The van der Waals surface area contributed by atoms with E-state index in [9.17, 15) is 5.11 Å². The second kappa shape index (κ2) is 6.40. The van der Waals surface area contributed by atoms with Gasteiger partial charge in [-0.25, -0.2) is 0 Å². The molecule has 0 spiro atoms. The van der Waals surface area contributed by atoms with Crippen LogP contribution in [0.2, 0.25) is 0 Å². The molecule has 1 saturated carbocycles. The Hall–Kier alpha value is -1.06. The first-order valence-corrected chi connectivity index (χ1v) is 7.27. The van der Waals surface area contributed by atoms with Crippen LogP contribution in [-0.2, 0) is 0 Å². The van der Waals surface area contributed by atoms with E-state index in [0.29, 0.717) is 0 Å². The van der Waals surface area contributed by atoms with Crippen LogP contribution in [0.1, 0.15) is 38.2 Å². The molecule has 106 valence electrons. The molecule has 1 fully saturated rings. The van der Waals surface area contributed by atoms with Crippen molar-refractivity contribution in [1.82, 2.24) is 5.32 Å². The van der Waals surface area contributed by atoms with Crippen LogP contribution in [-0.4, -0.2) is 29.9 Å². The van der Waals surface area contributed by atoms with E-state index < -0.39 is 0 Å². The molecule has 0 bridgehead atoms. The van der Waals surface area contributed by atoms with E-state index >= 15 is 0 Å². The van der Waals surface area contributed by atoms with Gasteiger partial charge in [-0.1, -0.05) is 24.6 Å².